The molecule has 0 saturated heterocycles. The van der Waals surface area contributed by atoms with Gasteiger partial charge in [-0.15, -0.1) is 19.7 Å². The van der Waals surface area contributed by atoms with Crippen molar-refractivity contribution in [2.24, 2.45) is 94.7 Å². The molecule has 19 unspecified atom stereocenters. The van der Waals surface area contributed by atoms with E-state index < -0.39 is 0 Å². The fourth-order valence-electron chi connectivity index (χ4n) is 22.9. The molecular formula is C118H182N7+3. The van der Waals surface area contributed by atoms with E-state index in [1.54, 1.807) is 109 Å². The highest BCUT2D eigenvalue weighted by molar-refractivity contribution is 5.42. The number of benzene rings is 7. The van der Waals surface area contributed by atoms with Gasteiger partial charge in [0.25, 0.3) is 0 Å². The van der Waals surface area contributed by atoms with Crippen LogP contribution in [0.1, 0.15) is 274 Å². The van der Waals surface area contributed by atoms with Crippen molar-refractivity contribution in [2.75, 3.05) is 67.0 Å². The Labute approximate surface area is 767 Å². The van der Waals surface area contributed by atoms with E-state index in [9.17, 15) is 0 Å². The molecule has 7 heteroatoms. The van der Waals surface area contributed by atoms with Gasteiger partial charge in [0.15, 0.2) is 0 Å². The molecule has 0 aromatic heterocycles. The van der Waals surface area contributed by atoms with E-state index in [0.717, 1.165) is 88.9 Å². The SMILES string of the molecule is C.C=CCC(C)C(C)C(C=C)C(C)CC=C.CC(CCc1cccc2c1CNCC2)C(C)C(Cc1cccc2c1CCNC2)C(C)CCc1cccc2c1CNCC2.CC(CCc1cccc2c1C[NH+](C)CC2)C(C)C(Cc1cccc2c1CC[NH+](C)C2)C(C)CCc1cccc2c1C[NH+](C)CC2.CCC(C)C(C)C(C)C(C)CC.c1ccc2c(c1)CCNC2. The molecule has 0 radical (unpaired) electrons. The van der Waals surface area contributed by atoms with Crippen molar-refractivity contribution >= 4 is 0 Å². The summed E-state index contributed by atoms with van der Waals surface area (Å²) in [5, 5.41) is 14.2. The first-order valence-electron chi connectivity index (χ1n) is 50.7. The van der Waals surface area contributed by atoms with Crippen molar-refractivity contribution < 1.29 is 14.7 Å². The Morgan fingerprint density at radius 1 is 0.304 bits per heavy atom. The molecule has 0 bridgehead atoms. The van der Waals surface area contributed by atoms with Gasteiger partial charge in [0.1, 0.15) is 19.6 Å². The fraction of sp³-hybridized carbons (Fsp3) is 0.593. The average Bonchev–Trinajstić information content (AvgIpc) is 0.807. The largest absolute Gasteiger partial charge is 0.333 e. The number of fused-ring (bicyclic) bond motifs is 7. The van der Waals surface area contributed by atoms with Gasteiger partial charge in [-0.2, -0.15) is 0 Å². The summed E-state index contributed by atoms with van der Waals surface area (Å²) in [5.74, 6) is 11.6. The Bertz CT molecular complexity index is 4330. The van der Waals surface area contributed by atoms with Gasteiger partial charge >= 0.3 is 0 Å². The van der Waals surface area contributed by atoms with Gasteiger partial charge < -0.3 is 36.0 Å². The Kier molecular flexibility index (Phi) is 42.8. The van der Waals surface area contributed by atoms with Gasteiger partial charge in [-0.1, -0.05) is 276 Å². The van der Waals surface area contributed by atoms with E-state index >= 15 is 0 Å². The van der Waals surface area contributed by atoms with Crippen molar-refractivity contribution in [1.82, 2.24) is 21.3 Å². The topological polar surface area (TPSA) is 61.4 Å². The van der Waals surface area contributed by atoms with Gasteiger partial charge in [-0.25, -0.2) is 0 Å². The molecule has 7 aliphatic heterocycles. The summed E-state index contributed by atoms with van der Waals surface area (Å²) in [6.07, 6.45) is 31.8. The molecule has 125 heavy (non-hydrogen) atoms. The molecule has 0 aliphatic carbocycles. The third kappa shape index (κ3) is 29.2. The summed E-state index contributed by atoms with van der Waals surface area (Å²) in [6, 6.07) is 51.4. The lowest BCUT2D eigenvalue weighted by Crippen LogP contribution is -3.08. The van der Waals surface area contributed by atoms with Crippen LogP contribution in [0.4, 0.5) is 0 Å². The lowest BCUT2D eigenvalue weighted by molar-refractivity contribution is -0.895. The minimum Gasteiger partial charge on any atom is -0.333 e. The first-order valence-corrected chi connectivity index (χ1v) is 50.7. The monoisotopic (exact) mass is 1700 g/mol. The molecule has 7 aromatic rings. The normalized spacial score (nSPS) is 20.6. The quantitative estimate of drug-likeness (QED) is 0.0202. The lowest BCUT2D eigenvalue weighted by atomic mass is 9.70. The van der Waals surface area contributed by atoms with E-state index in [-0.39, 0.29) is 7.43 Å². The molecule has 7 heterocycles. The van der Waals surface area contributed by atoms with Crippen LogP contribution in [0.3, 0.4) is 0 Å². The Balaban J connectivity index is 0.000000201. The van der Waals surface area contributed by atoms with E-state index in [4.69, 9.17) is 0 Å². The predicted molar refractivity (Wildman–Crippen MR) is 542 cm³/mol. The van der Waals surface area contributed by atoms with Crippen LogP contribution in [0.2, 0.25) is 0 Å². The lowest BCUT2D eigenvalue weighted by Gasteiger charge is -2.35. The second-order valence-corrected chi connectivity index (χ2v) is 41.4. The summed E-state index contributed by atoms with van der Waals surface area (Å²) in [5.41, 5.74) is 32.0. The average molecular weight is 1700 g/mol. The first-order chi connectivity index (χ1) is 59.9. The molecule has 0 fully saturated rings. The summed E-state index contributed by atoms with van der Waals surface area (Å²) >= 11 is 0. The van der Waals surface area contributed by atoms with Crippen LogP contribution in [0.5, 0.6) is 0 Å². The number of nitrogens with one attached hydrogen (secondary N) is 7. The van der Waals surface area contributed by atoms with Gasteiger partial charge in [0.2, 0.25) is 0 Å². The van der Waals surface area contributed by atoms with Crippen molar-refractivity contribution in [3.05, 3.63) is 283 Å². The number of hydrogen-bond acceptors (Lipinski definition) is 4. The molecule has 0 spiro atoms. The van der Waals surface area contributed by atoms with E-state index in [0.29, 0.717) is 71.0 Å². The highest BCUT2D eigenvalue weighted by Crippen LogP contribution is 2.41. The number of rotatable bonds is 35. The second-order valence-electron chi connectivity index (χ2n) is 41.4. The number of likely N-dealkylation sites (N-methyl/N-ethyl adjacent to an activating group) is 3. The third-order valence-electron chi connectivity index (χ3n) is 33.1. The molecule has 7 aliphatic rings. The van der Waals surface area contributed by atoms with E-state index in [2.05, 4.69) is 306 Å². The maximum atomic E-state index is 3.97. The third-order valence-corrected chi connectivity index (χ3v) is 33.1. The summed E-state index contributed by atoms with van der Waals surface area (Å²) in [4.78, 5) is 4.98. The fourth-order valence-corrected chi connectivity index (χ4v) is 22.9. The minimum absolute atomic E-state index is 0. The van der Waals surface area contributed by atoms with Crippen molar-refractivity contribution in [2.45, 2.75) is 292 Å². The Morgan fingerprint density at radius 2 is 0.648 bits per heavy atom. The summed E-state index contributed by atoms with van der Waals surface area (Å²) < 4.78 is 0. The molecule has 7 nitrogen and oxygen atoms in total. The van der Waals surface area contributed by atoms with Crippen molar-refractivity contribution in [1.29, 1.82) is 0 Å². The van der Waals surface area contributed by atoms with Gasteiger partial charge in [-0.05, 0) is 318 Å². The van der Waals surface area contributed by atoms with Crippen LogP contribution in [0.15, 0.2) is 171 Å². The molecule has 0 amide bonds. The zero-order chi connectivity index (χ0) is 88.8. The molecule has 686 valence electrons. The van der Waals surface area contributed by atoms with Gasteiger partial charge in [0.05, 0.1) is 40.8 Å². The standard InChI is InChI=1S/C42H59N3.C39H53N3.C15H26.C12H26.C9H11N.CH4/c1-30(16-18-33-10-7-12-35-20-23-44(5)28-41(33)35)32(3)40(26-37-14-9-15-38-27-43(4)25-22-39(37)38)31(2)17-19-34-11-8-13-36-21-24-45(6)29-42(34)36;1-27(13-15-30-7-4-9-32-17-20-41-25-38(30)32)29(3)37(23-34-11-6-12-35-24-40-22-19-36(34)35)28(2)14-16-31-8-5-10-33-18-21-42-26-39(31)33;1-7-10-12(4)14(6)15(9-3)13(5)11-8-2;1-7-9(3)11(5)12(6)10(4)8-2;1-2-4-9-7-10-6-5-8(9)3-1;/h7-15,30-32,40H,16-29H2,1-6H3;4-12,27-29,37,40-42H,13-26H2,1-3H3;7-9,12-15H,1-3,10-11H2,4-6H3;9-12H,7-8H2,1-6H3;1-4,10H,5-7H2;1H4/p+3. The Morgan fingerprint density at radius 3 is 1.09 bits per heavy atom. The van der Waals surface area contributed by atoms with Crippen LogP contribution < -0.4 is 36.0 Å². The molecule has 19 atom stereocenters. The summed E-state index contributed by atoms with van der Waals surface area (Å²) in [7, 11) is 7.09. The number of aryl methyl sites for hydroxylation is 4. The van der Waals surface area contributed by atoms with Crippen LogP contribution in [-0.4, -0.2) is 67.0 Å². The predicted octanol–water partition coefficient (Wildman–Crippen LogP) is 21.9. The highest BCUT2D eigenvalue weighted by atomic mass is 15.1. The molecule has 14 rings (SSSR count). The zero-order valence-electron chi connectivity index (χ0n) is 82.0. The maximum Gasteiger partial charge on any atom is 0.103 e. The number of allylic oxidation sites excluding steroid dienone is 3. The summed E-state index contributed by atoms with van der Waals surface area (Å²) in [6.45, 7) is 64.2. The van der Waals surface area contributed by atoms with Crippen LogP contribution in [0, 0.1) is 94.7 Å². The molecule has 0 saturated carbocycles. The molecular weight excluding hydrogens is 1520 g/mol. The van der Waals surface area contributed by atoms with E-state index in [1.165, 1.54) is 178 Å². The van der Waals surface area contributed by atoms with Gasteiger partial charge in [0, 0.05) is 62.1 Å². The molecule has 7 N–H and O–H groups in total. The van der Waals surface area contributed by atoms with Crippen LogP contribution >= 0.6 is 0 Å². The zero-order valence-corrected chi connectivity index (χ0v) is 82.0. The van der Waals surface area contributed by atoms with E-state index in [1.807, 2.05) is 12.2 Å². The number of hydrogen-bond donors (Lipinski definition) is 7. The van der Waals surface area contributed by atoms with Crippen molar-refractivity contribution in [3.63, 3.8) is 0 Å². The Hall–Kier alpha value is -6.52. The maximum absolute atomic E-state index is 3.97. The first kappa shape index (κ1) is 102. The number of quaternary nitrogens is 3. The minimum atomic E-state index is 0. The smallest absolute Gasteiger partial charge is 0.103 e. The van der Waals surface area contributed by atoms with Crippen molar-refractivity contribution in [3.8, 4) is 0 Å². The van der Waals surface area contributed by atoms with Gasteiger partial charge in [-0.3, -0.25) is 0 Å². The van der Waals surface area contributed by atoms with Crippen LogP contribution in [-0.2, 0) is 129 Å². The second kappa shape index (κ2) is 52.4. The molecule has 7 aromatic carbocycles. The highest BCUT2D eigenvalue weighted by Gasteiger charge is 2.34. The van der Waals surface area contributed by atoms with Crippen LogP contribution in [0.25, 0.3) is 0 Å².